The summed E-state index contributed by atoms with van der Waals surface area (Å²) in [6.07, 6.45) is 1.94. The smallest absolute Gasteiger partial charge is 0.192 e. The summed E-state index contributed by atoms with van der Waals surface area (Å²) >= 11 is 0. The van der Waals surface area contributed by atoms with E-state index < -0.39 is 8.32 Å². The Bertz CT molecular complexity index is 436. The molecule has 0 aliphatic heterocycles. The van der Waals surface area contributed by atoms with Gasteiger partial charge in [0.1, 0.15) is 0 Å². The third-order valence-electron chi connectivity index (χ3n) is 4.19. The fourth-order valence-electron chi connectivity index (χ4n) is 1.54. The molecule has 1 N–H and O–H groups in total. The highest BCUT2D eigenvalue weighted by Crippen LogP contribution is 2.37. The number of para-hydroxylation sites is 1. The molecular formula is C17H29NOSi. The van der Waals surface area contributed by atoms with Gasteiger partial charge in [-0.1, -0.05) is 45.0 Å². The molecule has 0 saturated carbocycles. The summed E-state index contributed by atoms with van der Waals surface area (Å²) in [5, 5.41) is 3.73. The maximum absolute atomic E-state index is 6.33. The Kier molecular flexibility index (Phi) is 5.22. The van der Waals surface area contributed by atoms with Crippen molar-refractivity contribution in [1.82, 2.24) is 0 Å². The summed E-state index contributed by atoms with van der Waals surface area (Å²) < 4.78 is 6.33. The average molecular weight is 292 g/mol. The predicted octanol–water partition coefficient (Wildman–Crippen LogP) is 5.07. The Balaban J connectivity index is 2.74. The van der Waals surface area contributed by atoms with Crippen LogP contribution in [0.25, 0.3) is 0 Å². The van der Waals surface area contributed by atoms with Crippen LogP contribution in [0.3, 0.4) is 0 Å². The van der Waals surface area contributed by atoms with Crippen LogP contribution in [0.5, 0.6) is 0 Å². The second-order valence-corrected chi connectivity index (χ2v) is 12.0. The number of benzene rings is 1. The standard InChI is InChI=1S/C17H29NOSi/c1-8-17(5,18-15-12-10-9-11-13-15)14-19-20(6,7)16(2,3)4/h8-13,18H,1,14H2,2-7H3. The molecule has 0 amide bonds. The molecule has 0 aliphatic rings. The monoisotopic (exact) mass is 291 g/mol. The van der Waals surface area contributed by atoms with Gasteiger partial charge in [0.15, 0.2) is 8.32 Å². The summed E-state index contributed by atoms with van der Waals surface area (Å²) in [6.45, 7) is 18.1. The fourth-order valence-corrected chi connectivity index (χ4v) is 2.64. The lowest BCUT2D eigenvalue weighted by Crippen LogP contribution is -2.47. The van der Waals surface area contributed by atoms with Gasteiger partial charge in [0, 0.05) is 5.69 Å². The minimum Gasteiger partial charge on any atom is -0.414 e. The van der Waals surface area contributed by atoms with Gasteiger partial charge >= 0.3 is 0 Å². The van der Waals surface area contributed by atoms with Crippen molar-refractivity contribution in [2.24, 2.45) is 0 Å². The van der Waals surface area contributed by atoms with Crippen LogP contribution in [-0.4, -0.2) is 20.5 Å². The van der Waals surface area contributed by atoms with Gasteiger partial charge in [-0.2, -0.15) is 0 Å². The van der Waals surface area contributed by atoms with Crippen LogP contribution in [0.1, 0.15) is 27.7 Å². The first kappa shape index (κ1) is 17.0. The molecule has 0 spiro atoms. The molecule has 0 radical (unpaired) electrons. The zero-order chi connectivity index (χ0) is 15.4. The lowest BCUT2D eigenvalue weighted by atomic mass is 10.0. The third kappa shape index (κ3) is 4.49. The summed E-state index contributed by atoms with van der Waals surface area (Å²) in [5.74, 6) is 0. The van der Waals surface area contributed by atoms with Crippen molar-refractivity contribution in [3.8, 4) is 0 Å². The first-order valence-electron chi connectivity index (χ1n) is 7.20. The molecule has 3 heteroatoms. The molecule has 1 aromatic rings. The van der Waals surface area contributed by atoms with Crippen LogP contribution in [0, 0.1) is 0 Å². The summed E-state index contributed by atoms with van der Waals surface area (Å²) in [5.41, 5.74) is 0.838. The number of anilines is 1. The number of hydrogen-bond acceptors (Lipinski definition) is 2. The fraction of sp³-hybridized carbons (Fsp3) is 0.529. The normalized spacial score (nSPS) is 15.5. The van der Waals surface area contributed by atoms with Crippen LogP contribution in [0.4, 0.5) is 5.69 Å². The van der Waals surface area contributed by atoms with Crippen molar-refractivity contribution < 1.29 is 4.43 Å². The average Bonchev–Trinajstić information content (AvgIpc) is 2.36. The molecule has 1 aromatic carbocycles. The lowest BCUT2D eigenvalue weighted by Gasteiger charge is -2.39. The minimum atomic E-state index is -1.74. The molecule has 0 aromatic heterocycles. The Morgan fingerprint density at radius 2 is 1.70 bits per heavy atom. The van der Waals surface area contributed by atoms with Crippen molar-refractivity contribution in [1.29, 1.82) is 0 Å². The lowest BCUT2D eigenvalue weighted by molar-refractivity contribution is 0.248. The van der Waals surface area contributed by atoms with E-state index in [1.807, 2.05) is 24.3 Å². The predicted molar refractivity (Wildman–Crippen MR) is 91.8 cm³/mol. The van der Waals surface area contributed by atoms with Crippen molar-refractivity contribution in [2.45, 2.75) is 51.4 Å². The van der Waals surface area contributed by atoms with Crippen molar-refractivity contribution in [3.63, 3.8) is 0 Å². The van der Waals surface area contributed by atoms with Crippen LogP contribution in [-0.2, 0) is 4.43 Å². The van der Waals surface area contributed by atoms with Crippen molar-refractivity contribution in [3.05, 3.63) is 43.0 Å². The second-order valence-electron chi connectivity index (χ2n) is 7.16. The Hall–Kier alpha value is -1.06. The Morgan fingerprint density at radius 1 is 1.15 bits per heavy atom. The summed E-state index contributed by atoms with van der Waals surface area (Å²) in [6, 6.07) is 10.2. The number of rotatable bonds is 6. The van der Waals surface area contributed by atoms with E-state index in [2.05, 4.69) is 64.8 Å². The van der Waals surface area contributed by atoms with Gasteiger partial charge in [-0.15, -0.1) is 6.58 Å². The molecular weight excluding hydrogens is 262 g/mol. The molecule has 20 heavy (non-hydrogen) atoms. The van der Waals surface area contributed by atoms with Gasteiger partial charge in [0.05, 0.1) is 12.1 Å². The number of nitrogens with one attached hydrogen (secondary N) is 1. The van der Waals surface area contributed by atoms with Crippen molar-refractivity contribution in [2.75, 3.05) is 11.9 Å². The molecule has 0 heterocycles. The molecule has 0 bridgehead atoms. The van der Waals surface area contributed by atoms with Gasteiger partial charge in [0.2, 0.25) is 0 Å². The molecule has 112 valence electrons. The highest BCUT2D eigenvalue weighted by molar-refractivity contribution is 6.74. The van der Waals surface area contributed by atoms with E-state index in [9.17, 15) is 0 Å². The van der Waals surface area contributed by atoms with E-state index in [-0.39, 0.29) is 10.6 Å². The van der Waals surface area contributed by atoms with Gasteiger partial charge < -0.3 is 9.74 Å². The number of hydrogen-bond donors (Lipinski definition) is 1. The van der Waals surface area contributed by atoms with Crippen LogP contribution in [0.2, 0.25) is 18.1 Å². The SMILES string of the molecule is C=CC(C)(CO[Si](C)(C)C(C)(C)C)Nc1ccccc1. The first-order chi connectivity index (χ1) is 9.10. The van der Waals surface area contributed by atoms with Crippen molar-refractivity contribution >= 4 is 14.0 Å². The van der Waals surface area contributed by atoms with Gasteiger partial charge in [0.25, 0.3) is 0 Å². The van der Waals surface area contributed by atoms with Crippen LogP contribution in [0.15, 0.2) is 43.0 Å². The summed E-state index contributed by atoms with van der Waals surface area (Å²) in [7, 11) is -1.74. The quantitative estimate of drug-likeness (QED) is 0.584. The van der Waals surface area contributed by atoms with Crippen LogP contribution < -0.4 is 5.32 Å². The van der Waals surface area contributed by atoms with E-state index >= 15 is 0 Å². The first-order valence-corrected chi connectivity index (χ1v) is 10.1. The summed E-state index contributed by atoms with van der Waals surface area (Å²) in [4.78, 5) is 0. The topological polar surface area (TPSA) is 21.3 Å². The minimum absolute atomic E-state index is 0.224. The largest absolute Gasteiger partial charge is 0.414 e. The zero-order valence-corrected chi connectivity index (χ0v) is 14.8. The highest BCUT2D eigenvalue weighted by Gasteiger charge is 2.38. The second kappa shape index (κ2) is 6.14. The maximum Gasteiger partial charge on any atom is 0.192 e. The van der Waals surface area contributed by atoms with E-state index in [1.165, 1.54) is 0 Å². The van der Waals surface area contributed by atoms with E-state index in [4.69, 9.17) is 4.43 Å². The molecule has 0 fully saturated rings. The molecule has 1 atom stereocenters. The highest BCUT2D eigenvalue weighted by atomic mass is 28.4. The molecule has 2 nitrogen and oxygen atoms in total. The molecule has 0 saturated heterocycles. The van der Waals surface area contributed by atoms with Gasteiger partial charge in [-0.05, 0) is 37.2 Å². The molecule has 0 aliphatic carbocycles. The van der Waals surface area contributed by atoms with Crippen LogP contribution >= 0.6 is 0 Å². The zero-order valence-electron chi connectivity index (χ0n) is 13.8. The van der Waals surface area contributed by atoms with E-state index in [0.29, 0.717) is 6.61 Å². The Morgan fingerprint density at radius 3 is 2.15 bits per heavy atom. The molecule has 1 rings (SSSR count). The molecule has 1 unspecified atom stereocenters. The van der Waals surface area contributed by atoms with E-state index in [1.54, 1.807) is 0 Å². The Labute approximate surface area is 125 Å². The van der Waals surface area contributed by atoms with E-state index in [0.717, 1.165) is 5.69 Å². The van der Waals surface area contributed by atoms with Gasteiger partial charge in [-0.3, -0.25) is 0 Å². The maximum atomic E-state index is 6.33. The third-order valence-corrected chi connectivity index (χ3v) is 8.67. The van der Waals surface area contributed by atoms with Gasteiger partial charge in [-0.25, -0.2) is 0 Å².